The average Bonchev–Trinajstić information content (AvgIpc) is 3.43. The van der Waals surface area contributed by atoms with Gasteiger partial charge in [0.05, 0.1) is 16.6 Å². The molecule has 0 aromatic carbocycles. The predicted molar refractivity (Wildman–Crippen MR) is 132 cm³/mol. The van der Waals surface area contributed by atoms with E-state index in [1.807, 2.05) is 4.90 Å². The van der Waals surface area contributed by atoms with Crippen molar-refractivity contribution in [2.45, 2.75) is 74.0 Å². The quantitative estimate of drug-likeness (QED) is 0.374. The van der Waals surface area contributed by atoms with Crippen LogP contribution in [-0.4, -0.2) is 81.1 Å². The molecule has 7 nitrogen and oxygen atoms in total. The number of rotatable bonds is 10. The Hall–Kier alpha value is -1.80. The number of fused-ring (bicyclic) bond motifs is 1. The summed E-state index contributed by atoms with van der Waals surface area (Å²) in [5, 5.41) is 9.49. The van der Waals surface area contributed by atoms with Crippen LogP contribution in [0, 0.1) is 17.8 Å². The van der Waals surface area contributed by atoms with E-state index in [2.05, 4.69) is 20.1 Å². The Morgan fingerprint density at radius 3 is 2.65 bits per heavy atom. The monoisotopic (exact) mass is 490 g/mol. The van der Waals surface area contributed by atoms with E-state index in [0.29, 0.717) is 19.5 Å². The van der Waals surface area contributed by atoms with Crippen molar-refractivity contribution in [3.63, 3.8) is 0 Å². The number of ether oxygens (including phenoxy) is 1. The van der Waals surface area contributed by atoms with Gasteiger partial charge in [-0.2, -0.15) is 0 Å². The largest absolute Gasteiger partial charge is 0.461 e. The third kappa shape index (κ3) is 4.00. The lowest BCUT2D eigenvalue weighted by Crippen LogP contribution is -2.59. The summed E-state index contributed by atoms with van der Waals surface area (Å²) >= 11 is 1.66. The fourth-order valence-corrected chi connectivity index (χ4v) is 9.30. The van der Waals surface area contributed by atoms with Gasteiger partial charge in [-0.1, -0.05) is 44.9 Å². The van der Waals surface area contributed by atoms with Gasteiger partial charge in [-0.25, -0.2) is 0 Å². The molecule has 3 saturated heterocycles. The van der Waals surface area contributed by atoms with Crippen molar-refractivity contribution in [1.82, 2.24) is 9.80 Å². The molecule has 0 aromatic rings. The first-order valence-corrected chi connectivity index (χ1v) is 13.6. The Morgan fingerprint density at radius 1 is 1.26 bits per heavy atom. The molecule has 8 heteroatoms. The molecule has 1 saturated carbocycles. The maximum absolute atomic E-state index is 14.4. The van der Waals surface area contributed by atoms with Crippen molar-refractivity contribution in [1.29, 1.82) is 0 Å². The van der Waals surface area contributed by atoms with E-state index in [9.17, 15) is 19.5 Å². The number of esters is 1. The molecule has 1 N–H and O–H groups in total. The van der Waals surface area contributed by atoms with E-state index >= 15 is 0 Å². The zero-order valence-electron chi connectivity index (χ0n) is 20.2. The standard InChI is InChI=1S/C26H38N2O5S/c1-4-12-27(18-10-7-6-8-11-18)24(31)22-26-17(3)16-19(34-26)20(25(32)33-15-5-2)21(26)23(30)28(22)13-9-14-29/h4-5,17-22,29H,1-2,6-16H2,3H3/t17?,19-,20+,21-,22?,26?/m0/s1. The van der Waals surface area contributed by atoms with Gasteiger partial charge in [-0.3, -0.25) is 14.4 Å². The molecule has 4 aliphatic rings. The second-order valence-electron chi connectivity index (χ2n) is 10.2. The van der Waals surface area contributed by atoms with Gasteiger partial charge in [-0.05, 0) is 31.6 Å². The number of hydrogen-bond donors (Lipinski definition) is 1. The summed E-state index contributed by atoms with van der Waals surface area (Å²) in [5.74, 6) is -1.55. The minimum absolute atomic E-state index is 0.0271. The first-order chi connectivity index (χ1) is 16.4. The minimum atomic E-state index is -0.653. The Balaban J connectivity index is 1.72. The van der Waals surface area contributed by atoms with Gasteiger partial charge in [0.2, 0.25) is 11.8 Å². The van der Waals surface area contributed by atoms with Crippen LogP contribution in [0.2, 0.25) is 0 Å². The lowest BCUT2D eigenvalue weighted by atomic mass is 9.66. The smallest absolute Gasteiger partial charge is 0.311 e. The maximum Gasteiger partial charge on any atom is 0.311 e. The highest BCUT2D eigenvalue weighted by Gasteiger charge is 2.76. The topological polar surface area (TPSA) is 87.2 Å². The molecule has 0 aromatic heterocycles. The summed E-state index contributed by atoms with van der Waals surface area (Å²) in [6.07, 6.45) is 9.81. The van der Waals surface area contributed by atoms with Crippen molar-refractivity contribution < 1.29 is 24.2 Å². The number of likely N-dealkylation sites (tertiary alicyclic amines) is 1. The molecule has 3 aliphatic heterocycles. The van der Waals surface area contributed by atoms with E-state index in [-0.39, 0.29) is 48.2 Å². The van der Waals surface area contributed by atoms with E-state index in [4.69, 9.17) is 4.74 Å². The summed E-state index contributed by atoms with van der Waals surface area (Å²) in [4.78, 5) is 44.9. The maximum atomic E-state index is 14.4. The molecule has 188 valence electrons. The first kappa shape index (κ1) is 25.3. The lowest BCUT2D eigenvalue weighted by molar-refractivity contribution is -0.153. The molecule has 3 heterocycles. The van der Waals surface area contributed by atoms with Crippen LogP contribution in [0.3, 0.4) is 0 Å². The van der Waals surface area contributed by atoms with Crippen molar-refractivity contribution in [3.8, 4) is 0 Å². The summed E-state index contributed by atoms with van der Waals surface area (Å²) < 4.78 is 4.77. The SMILES string of the molecule is C=CCOC(=O)[C@@H]1[C@@H]2CC(C)C3(S2)C(C(=O)N(CC=C)C2CCCCC2)N(CCCO)C(=O)[C@H]13. The van der Waals surface area contributed by atoms with Gasteiger partial charge in [0.25, 0.3) is 0 Å². The number of amides is 2. The van der Waals surface area contributed by atoms with Gasteiger partial charge in [0.15, 0.2) is 0 Å². The van der Waals surface area contributed by atoms with E-state index in [1.54, 1.807) is 22.7 Å². The van der Waals surface area contributed by atoms with Crippen LogP contribution in [0.4, 0.5) is 0 Å². The zero-order valence-corrected chi connectivity index (χ0v) is 21.0. The van der Waals surface area contributed by atoms with Gasteiger partial charge >= 0.3 is 5.97 Å². The Morgan fingerprint density at radius 2 is 2.00 bits per heavy atom. The van der Waals surface area contributed by atoms with E-state index < -0.39 is 22.6 Å². The number of aliphatic hydroxyl groups excluding tert-OH is 1. The van der Waals surface area contributed by atoms with Crippen LogP contribution in [0.25, 0.3) is 0 Å². The van der Waals surface area contributed by atoms with Crippen LogP contribution < -0.4 is 0 Å². The molecule has 0 radical (unpaired) electrons. The predicted octanol–water partition coefficient (Wildman–Crippen LogP) is 2.78. The summed E-state index contributed by atoms with van der Waals surface area (Å²) in [7, 11) is 0. The molecule has 4 rings (SSSR count). The molecule has 6 atom stereocenters. The van der Waals surface area contributed by atoms with Crippen LogP contribution >= 0.6 is 11.8 Å². The second kappa shape index (κ2) is 10.4. The van der Waals surface area contributed by atoms with Gasteiger partial charge in [-0.15, -0.1) is 18.3 Å². The Kier molecular flexibility index (Phi) is 7.77. The first-order valence-electron chi connectivity index (χ1n) is 12.7. The summed E-state index contributed by atoms with van der Waals surface area (Å²) in [5.41, 5.74) is 0. The van der Waals surface area contributed by atoms with Gasteiger partial charge in [0, 0.05) is 31.0 Å². The third-order valence-electron chi connectivity index (χ3n) is 8.28. The highest BCUT2D eigenvalue weighted by molar-refractivity contribution is 8.02. The highest BCUT2D eigenvalue weighted by atomic mass is 32.2. The molecule has 1 aliphatic carbocycles. The highest BCUT2D eigenvalue weighted by Crippen LogP contribution is 2.68. The van der Waals surface area contributed by atoms with E-state index in [0.717, 1.165) is 32.1 Å². The zero-order chi connectivity index (χ0) is 24.5. The van der Waals surface area contributed by atoms with Crippen molar-refractivity contribution in [3.05, 3.63) is 25.3 Å². The molecule has 3 unspecified atom stereocenters. The number of aliphatic hydroxyl groups is 1. The number of nitrogens with zero attached hydrogens (tertiary/aromatic N) is 2. The number of hydrogen-bond acceptors (Lipinski definition) is 6. The van der Waals surface area contributed by atoms with E-state index in [1.165, 1.54) is 12.5 Å². The van der Waals surface area contributed by atoms with Crippen LogP contribution in [0.1, 0.15) is 51.9 Å². The molecule has 1 spiro atoms. The van der Waals surface area contributed by atoms with Crippen molar-refractivity contribution >= 4 is 29.5 Å². The molecule has 34 heavy (non-hydrogen) atoms. The molecular weight excluding hydrogens is 452 g/mol. The summed E-state index contributed by atoms with van der Waals surface area (Å²) in [6, 6.07) is -0.489. The molecule has 2 bridgehead atoms. The number of carbonyl (C=O) groups is 3. The fourth-order valence-electron chi connectivity index (χ4n) is 6.89. The third-order valence-corrected chi connectivity index (χ3v) is 10.4. The molecular formula is C26H38N2O5S. The normalized spacial score (nSPS) is 34.7. The van der Waals surface area contributed by atoms with Gasteiger partial charge < -0.3 is 19.6 Å². The molecule has 2 amide bonds. The Bertz CT molecular complexity index is 828. The van der Waals surface area contributed by atoms with Crippen LogP contribution in [-0.2, 0) is 19.1 Å². The van der Waals surface area contributed by atoms with Crippen LogP contribution in [0.15, 0.2) is 25.3 Å². The summed E-state index contributed by atoms with van der Waals surface area (Å²) in [6.45, 7) is 10.5. The lowest BCUT2D eigenvalue weighted by Gasteiger charge is -2.43. The number of carbonyl (C=O) groups excluding carboxylic acids is 3. The fraction of sp³-hybridized carbons (Fsp3) is 0.731. The minimum Gasteiger partial charge on any atom is -0.461 e. The Labute approximate surface area is 206 Å². The van der Waals surface area contributed by atoms with Crippen LogP contribution in [0.5, 0.6) is 0 Å². The average molecular weight is 491 g/mol. The number of thioether (sulfide) groups is 1. The van der Waals surface area contributed by atoms with Gasteiger partial charge in [0.1, 0.15) is 12.6 Å². The van der Waals surface area contributed by atoms with Crippen molar-refractivity contribution in [2.24, 2.45) is 17.8 Å². The molecule has 4 fully saturated rings. The second-order valence-corrected chi connectivity index (χ2v) is 11.7. The van der Waals surface area contributed by atoms with Crippen molar-refractivity contribution in [2.75, 3.05) is 26.3 Å².